The van der Waals surface area contributed by atoms with Gasteiger partial charge in [0, 0.05) is 5.56 Å². The third-order valence-electron chi connectivity index (χ3n) is 3.05. The fourth-order valence-electron chi connectivity index (χ4n) is 1.96. The van der Waals surface area contributed by atoms with E-state index in [0.29, 0.717) is 24.6 Å². The zero-order valence-corrected chi connectivity index (χ0v) is 11.9. The van der Waals surface area contributed by atoms with Crippen molar-refractivity contribution >= 4 is 0 Å². The summed E-state index contributed by atoms with van der Waals surface area (Å²) in [5.74, 6) is 1.28. The highest BCUT2D eigenvalue weighted by Crippen LogP contribution is 2.27. The third kappa shape index (κ3) is 3.33. The molecule has 2 rings (SSSR count). The molecule has 0 bridgehead atoms. The van der Waals surface area contributed by atoms with Crippen molar-refractivity contribution in [2.24, 2.45) is 0 Å². The van der Waals surface area contributed by atoms with E-state index in [-0.39, 0.29) is 0 Å². The smallest absolute Gasteiger partial charge is 0.159 e. The summed E-state index contributed by atoms with van der Waals surface area (Å²) < 4.78 is 5.47. The molecular weight excluding hydrogens is 252 g/mol. The lowest BCUT2D eigenvalue weighted by Gasteiger charge is -2.13. The summed E-state index contributed by atoms with van der Waals surface area (Å²) in [6, 6.07) is 7.67. The minimum atomic E-state index is -0.495. The van der Waals surface area contributed by atoms with Gasteiger partial charge in [-0.1, -0.05) is 38.1 Å². The molecule has 0 saturated heterocycles. The Hall–Kier alpha value is -1.94. The Balaban J connectivity index is 2.27. The molecule has 4 heteroatoms. The number of hydrogen-bond acceptors (Lipinski definition) is 4. The number of aliphatic hydroxyl groups excluding tert-OH is 1. The average Bonchev–Trinajstić information content (AvgIpc) is 2.52. The van der Waals surface area contributed by atoms with Gasteiger partial charge in [-0.05, 0) is 18.4 Å². The van der Waals surface area contributed by atoms with Crippen molar-refractivity contribution < 1.29 is 9.84 Å². The first kappa shape index (κ1) is 14.5. The zero-order valence-electron chi connectivity index (χ0n) is 11.9. The van der Waals surface area contributed by atoms with Crippen molar-refractivity contribution in [2.75, 3.05) is 6.61 Å². The summed E-state index contributed by atoms with van der Waals surface area (Å²) >= 11 is 0. The maximum Gasteiger partial charge on any atom is 0.159 e. The lowest BCUT2D eigenvalue weighted by molar-refractivity contribution is 0.174. The quantitative estimate of drug-likeness (QED) is 0.876. The molecule has 20 heavy (non-hydrogen) atoms. The highest BCUT2D eigenvalue weighted by atomic mass is 16.5. The second-order valence-corrected chi connectivity index (χ2v) is 4.60. The molecule has 2 aromatic rings. The fraction of sp³-hybridized carbons (Fsp3) is 0.375. The van der Waals surface area contributed by atoms with Crippen molar-refractivity contribution in [1.29, 1.82) is 0 Å². The van der Waals surface area contributed by atoms with E-state index in [1.807, 2.05) is 31.2 Å². The van der Waals surface area contributed by atoms with Gasteiger partial charge >= 0.3 is 0 Å². The Morgan fingerprint density at radius 1 is 1.15 bits per heavy atom. The highest BCUT2D eigenvalue weighted by Gasteiger charge is 2.13. The van der Waals surface area contributed by atoms with Crippen molar-refractivity contribution in [3.8, 4) is 17.1 Å². The summed E-state index contributed by atoms with van der Waals surface area (Å²) in [6.45, 7) is 4.66. The number of aliphatic hydroxyl groups is 1. The molecule has 4 nitrogen and oxygen atoms in total. The lowest BCUT2D eigenvalue weighted by atomic mass is 10.0. The fourth-order valence-corrected chi connectivity index (χ4v) is 1.96. The maximum absolute atomic E-state index is 10.1. The topological polar surface area (TPSA) is 55.2 Å². The summed E-state index contributed by atoms with van der Waals surface area (Å²) in [4.78, 5) is 8.66. The van der Waals surface area contributed by atoms with Gasteiger partial charge in [-0.3, -0.25) is 0 Å². The molecule has 106 valence electrons. The first-order valence-corrected chi connectivity index (χ1v) is 6.98. The molecule has 0 radical (unpaired) electrons. The lowest BCUT2D eigenvalue weighted by Crippen LogP contribution is -2.01. The number of nitrogens with zero attached hydrogens (tertiary/aromatic N) is 2. The predicted molar refractivity (Wildman–Crippen MR) is 78.5 cm³/mol. The van der Waals surface area contributed by atoms with E-state index in [1.54, 1.807) is 12.4 Å². The van der Waals surface area contributed by atoms with Crippen LogP contribution in [0.4, 0.5) is 0 Å². The molecule has 1 aromatic heterocycles. The van der Waals surface area contributed by atoms with Crippen LogP contribution in [-0.4, -0.2) is 21.7 Å². The SMILES string of the molecule is CCCOc1cnc(-c2ccccc2C(O)CC)nc1. The second-order valence-electron chi connectivity index (χ2n) is 4.60. The van der Waals surface area contributed by atoms with Crippen LogP contribution in [0.3, 0.4) is 0 Å². The molecule has 1 N–H and O–H groups in total. The van der Waals surface area contributed by atoms with Gasteiger partial charge in [0.2, 0.25) is 0 Å². The highest BCUT2D eigenvalue weighted by molar-refractivity contribution is 5.60. The molecule has 0 spiro atoms. The minimum absolute atomic E-state index is 0.495. The van der Waals surface area contributed by atoms with E-state index in [9.17, 15) is 5.11 Å². The average molecular weight is 272 g/mol. The summed E-state index contributed by atoms with van der Waals surface area (Å²) in [5.41, 5.74) is 1.72. The van der Waals surface area contributed by atoms with E-state index in [2.05, 4.69) is 16.9 Å². The molecule has 1 heterocycles. The van der Waals surface area contributed by atoms with E-state index in [4.69, 9.17) is 4.74 Å². The number of rotatable bonds is 6. The predicted octanol–water partition coefficient (Wildman–Crippen LogP) is 3.38. The van der Waals surface area contributed by atoms with E-state index >= 15 is 0 Å². The summed E-state index contributed by atoms with van der Waals surface area (Å²) in [6.07, 6.45) is 4.47. The number of ether oxygens (including phenoxy) is 1. The van der Waals surface area contributed by atoms with E-state index < -0.39 is 6.10 Å². The molecule has 0 aliphatic rings. The normalized spacial score (nSPS) is 12.2. The molecule has 0 saturated carbocycles. The van der Waals surface area contributed by atoms with Crippen molar-refractivity contribution in [2.45, 2.75) is 32.8 Å². The van der Waals surface area contributed by atoms with Crippen LogP contribution in [0.15, 0.2) is 36.7 Å². The summed E-state index contributed by atoms with van der Waals surface area (Å²) in [5, 5.41) is 10.1. The van der Waals surface area contributed by atoms with Crippen LogP contribution in [-0.2, 0) is 0 Å². The van der Waals surface area contributed by atoms with Gasteiger partial charge in [-0.2, -0.15) is 0 Å². The Morgan fingerprint density at radius 3 is 2.50 bits per heavy atom. The van der Waals surface area contributed by atoms with Crippen LogP contribution in [0, 0.1) is 0 Å². The van der Waals surface area contributed by atoms with Crippen molar-refractivity contribution in [3.63, 3.8) is 0 Å². The zero-order chi connectivity index (χ0) is 14.4. The molecule has 0 amide bonds. The molecular formula is C16H20N2O2. The number of benzene rings is 1. The van der Waals surface area contributed by atoms with Gasteiger partial charge < -0.3 is 9.84 Å². The second kappa shape index (κ2) is 7.01. The maximum atomic E-state index is 10.1. The van der Waals surface area contributed by atoms with Gasteiger partial charge in [-0.25, -0.2) is 9.97 Å². The summed E-state index contributed by atoms with van der Waals surface area (Å²) in [7, 11) is 0. The van der Waals surface area contributed by atoms with Gasteiger partial charge in [-0.15, -0.1) is 0 Å². The van der Waals surface area contributed by atoms with Crippen LogP contribution < -0.4 is 4.74 Å². The van der Waals surface area contributed by atoms with Crippen molar-refractivity contribution in [3.05, 3.63) is 42.2 Å². The first-order chi connectivity index (χ1) is 9.76. The minimum Gasteiger partial charge on any atom is -0.490 e. The Labute approximate surface area is 119 Å². The van der Waals surface area contributed by atoms with Crippen LogP contribution in [0.2, 0.25) is 0 Å². The van der Waals surface area contributed by atoms with Crippen molar-refractivity contribution in [1.82, 2.24) is 9.97 Å². The standard InChI is InChI=1S/C16H20N2O2/c1-3-9-20-12-10-17-16(18-11-12)14-8-6-5-7-13(14)15(19)4-2/h5-8,10-11,15,19H,3-4,9H2,1-2H3. The van der Waals surface area contributed by atoms with Gasteiger partial charge in [0.1, 0.15) is 0 Å². The van der Waals surface area contributed by atoms with Gasteiger partial charge in [0.15, 0.2) is 11.6 Å². The Morgan fingerprint density at radius 2 is 1.85 bits per heavy atom. The molecule has 0 aliphatic heterocycles. The van der Waals surface area contributed by atoms with Crippen LogP contribution in [0.1, 0.15) is 38.4 Å². The molecule has 1 unspecified atom stereocenters. The molecule has 0 aliphatic carbocycles. The first-order valence-electron chi connectivity index (χ1n) is 6.98. The van der Waals surface area contributed by atoms with E-state index in [0.717, 1.165) is 17.5 Å². The third-order valence-corrected chi connectivity index (χ3v) is 3.05. The Kier molecular flexibility index (Phi) is 5.07. The molecule has 1 atom stereocenters. The van der Waals surface area contributed by atoms with E-state index in [1.165, 1.54) is 0 Å². The Bertz CT molecular complexity index is 540. The molecule has 1 aromatic carbocycles. The van der Waals surface area contributed by atoms with Gasteiger partial charge in [0.25, 0.3) is 0 Å². The van der Waals surface area contributed by atoms with Crippen LogP contribution >= 0.6 is 0 Å². The molecule has 0 fully saturated rings. The number of aromatic nitrogens is 2. The number of hydrogen-bond donors (Lipinski definition) is 1. The van der Waals surface area contributed by atoms with Gasteiger partial charge in [0.05, 0.1) is 25.1 Å². The monoisotopic (exact) mass is 272 g/mol. The van der Waals surface area contributed by atoms with Crippen LogP contribution in [0.25, 0.3) is 11.4 Å². The van der Waals surface area contributed by atoms with Crippen LogP contribution in [0.5, 0.6) is 5.75 Å². The largest absolute Gasteiger partial charge is 0.490 e.